The van der Waals surface area contributed by atoms with Crippen molar-refractivity contribution in [3.05, 3.63) is 52.5 Å². The summed E-state index contributed by atoms with van der Waals surface area (Å²) in [6.07, 6.45) is 1.17. The van der Waals surface area contributed by atoms with Gasteiger partial charge in [-0.05, 0) is 12.1 Å². The van der Waals surface area contributed by atoms with E-state index < -0.39 is 17.5 Å². The Labute approximate surface area is 121 Å². The van der Waals surface area contributed by atoms with Gasteiger partial charge >= 0.3 is 5.97 Å². The number of hydrogen-bond donors (Lipinski definition) is 0. The molecule has 0 spiro atoms. The average Bonchev–Trinajstić information content (AvgIpc) is 2.62. The summed E-state index contributed by atoms with van der Waals surface area (Å²) >= 11 is 5.74. The number of esters is 1. The summed E-state index contributed by atoms with van der Waals surface area (Å²) < 4.78 is 5.25. The van der Waals surface area contributed by atoms with Crippen LogP contribution in [0.25, 0.3) is 4.85 Å². The number of carbonyl (C=O) groups excluding carboxylic acids is 2. The van der Waals surface area contributed by atoms with E-state index >= 15 is 0 Å². The molecule has 1 aromatic carbocycles. The number of carbonyl (C=O) groups is 2. The fraction of sp³-hybridized carbons (Fsp3) is 0.214. The number of likely N-dealkylation sites (N-methyl/N-ethyl adjacent to an activating group) is 1. The van der Waals surface area contributed by atoms with E-state index in [-0.39, 0.29) is 5.16 Å². The third kappa shape index (κ3) is 2.04. The lowest BCUT2D eigenvalue weighted by Gasteiger charge is -2.24. The van der Waals surface area contributed by atoms with Crippen LogP contribution in [0.4, 0.5) is 5.69 Å². The van der Waals surface area contributed by atoms with Crippen molar-refractivity contribution in [1.82, 2.24) is 0 Å². The van der Waals surface area contributed by atoms with Crippen molar-refractivity contribution in [2.24, 2.45) is 0 Å². The number of benzene rings is 1. The van der Waals surface area contributed by atoms with E-state index in [0.717, 1.165) is 0 Å². The number of amides is 1. The molecule has 6 heteroatoms. The van der Waals surface area contributed by atoms with Crippen LogP contribution in [0.3, 0.4) is 0 Å². The molecule has 0 radical (unpaired) electrons. The normalized spacial score (nSPS) is 21.4. The molecule has 0 aliphatic carbocycles. The fourth-order valence-corrected chi connectivity index (χ4v) is 2.40. The highest BCUT2D eigenvalue weighted by molar-refractivity contribution is 6.31. The molecular weight excluding hydrogens is 280 g/mol. The minimum Gasteiger partial charge on any atom is -0.441 e. The molecule has 1 heterocycles. The van der Waals surface area contributed by atoms with Crippen LogP contribution >= 0.6 is 11.6 Å². The summed E-state index contributed by atoms with van der Waals surface area (Å²) in [4.78, 5) is 28.3. The minimum absolute atomic E-state index is 0.232. The van der Waals surface area contributed by atoms with Gasteiger partial charge in [0.2, 0.25) is 5.60 Å². The standard InChI is InChI=1S/C14H11ClN2O3/c1-9(18)20-14(8-12(15)16-2)10-6-4-5-7-11(10)17(3)13(14)19/h4-8H,1,3H3/b12-8+/t14-/m0/s1. The molecule has 0 unspecified atom stereocenters. The van der Waals surface area contributed by atoms with Crippen molar-refractivity contribution < 1.29 is 14.3 Å². The van der Waals surface area contributed by atoms with Crippen LogP contribution in [0, 0.1) is 6.57 Å². The van der Waals surface area contributed by atoms with E-state index in [9.17, 15) is 9.59 Å². The number of halogens is 1. The maximum Gasteiger partial charge on any atom is 0.304 e. The van der Waals surface area contributed by atoms with Crippen molar-refractivity contribution in [3.63, 3.8) is 0 Å². The molecule has 0 N–H and O–H groups in total. The zero-order valence-corrected chi connectivity index (χ0v) is 11.6. The molecule has 1 aliphatic rings. The van der Waals surface area contributed by atoms with Gasteiger partial charge in [0.15, 0.2) is 0 Å². The van der Waals surface area contributed by atoms with Crippen molar-refractivity contribution in [3.8, 4) is 0 Å². The van der Waals surface area contributed by atoms with Crippen LogP contribution in [0.5, 0.6) is 0 Å². The predicted octanol–water partition coefficient (Wildman–Crippen LogP) is 2.42. The summed E-state index contributed by atoms with van der Waals surface area (Å²) in [7, 11) is 1.58. The molecule has 0 saturated heterocycles. The molecule has 1 atom stereocenters. The molecular formula is C14H11ClN2O3. The fourth-order valence-electron chi connectivity index (χ4n) is 2.25. The van der Waals surface area contributed by atoms with E-state index in [1.807, 2.05) is 0 Å². The Hall–Kier alpha value is -2.32. The van der Waals surface area contributed by atoms with E-state index in [4.69, 9.17) is 22.9 Å². The molecule has 1 amide bonds. The maximum absolute atomic E-state index is 12.5. The monoisotopic (exact) mass is 290 g/mol. The summed E-state index contributed by atoms with van der Waals surface area (Å²) in [5.74, 6) is -1.09. The third-order valence-corrected chi connectivity index (χ3v) is 3.22. The average molecular weight is 291 g/mol. The highest BCUT2D eigenvalue weighted by Crippen LogP contribution is 2.44. The zero-order chi connectivity index (χ0) is 14.9. The molecule has 1 aliphatic heterocycles. The number of ether oxygens (including phenoxy) is 1. The molecule has 0 aromatic heterocycles. The Morgan fingerprint density at radius 1 is 1.50 bits per heavy atom. The summed E-state index contributed by atoms with van der Waals surface area (Å²) in [6.45, 7) is 8.11. The quantitative estimate of drug-likeness (QED) is 0.477. The van der Waals surface area contributed by atoms with Crippen LogP contribution in [0.2, 0.25) is 0 Å². The number of anilines is 1. The molecule has 20 heavy (non-hydrogen) atoms. The Morgan fingerprint density at radius 3 is 2.75 bits per heavy atom. The highest BCUT2D eigenvalue weighted by atomic mass is 35.5. The van der Waals surface area contributed by atoms with Crippen molar-refractivity contribution >= 4 is 29.2 Å². The smallest absolute Gasteiger partial charge is 0.304 e. The van der Waals surface area contributed by atoms with Gasteiger partial charge in [0, 0.05) is 19.5 Å². The number of para-hydroxylation sites is 1. The van der Waals surface area contributed by atoms with Crippen molar-refractivity contribution in [2.45, 2.75) is 12.5 Å². The van der Waals surface area contributed by atoms with Gasteiger partial charge in [-0.1, -0.05) is 18.2 Å². The molecule has 0 bridgehead atoms. The SMILES string of the molecule is [C-]#[N+]/C(Cl)=C/[C@@]1(OC(C)=O)C(=O)N(C)c2ccccc21. The van der Waals surface area contributed by atoms with Gasteiger partial charge in [-0.3, -0.25) is 9.59 Å². The Balaban J connectivity index is 2.72. The second kappa shape index (κ2) is 4.99. The van der Waals surface area contributed by atoms with Crippen LogP contribution in [-0.2, 0) is 19.9 Å². The minimum atomic E-state index is -1.67. The summed E-state index contributed by atoms with van der Waals surface area (Å²) in [5.41, 5.74) is -0.562. The number of nitrogens with zero attached hydrogens (tertiary/aromatic N) is 2. The van der Waals surface area contributed by atoms with Gasteiger partial charge in [-0.25, -0.2) is 4.85 Å². The number of hydrogen-bond acceptors (Lipinski definition) is 3. The van der Waals surface area contributed by atoms with Crippen LogP contribution in [-0.4, -0.2) is 18.9 Å². The Bertz CT molecular complexity index is 663. The first kappa shape index (κ1) is 14.1. The second-order valence-corrected chi connectivity index (χ2v) is 4.68. The first-order chi connectivity index (χ1) is 9.42. The molecule has 5 nitrogen and oxygen atoms in total. The lowest BCUT2D eigenvalue weighted by Crippen LogP contribution is -2.40. The first-order valence-corrected chi connectivity index (χ1v) is 6.13. The van der Waals surface area contributed by atoms with E-state index in [1.54, 1.807) is 31.3 Å². The Morgan fingerprint density at radius 2 is 2.15 bits per heavy atom. The van der Waals surface area contributed by atoms with Gasteiger partial charge in [0.25, 0.3) is 11.1 Å². The molecule has 2 rings (SSSR count). The zero-order valence-electron chi connectivity index (χ0n) is 10.9. The van der Waals surface area contributed by atoms with Gasteiger partial charge in [0.1, 0.15) is 0 Å². The van der Waals surface area contributed by atoms with Gasteiger partial charge in [0.05, 0.1) is 12.3 Å². The lowest BCUT2D eigenvalue weighted by atomic mass is 9.95. The van der Waals surface area contributed by atoms with Crippen molar-refractivity contribution in [1.29, 1.82) is 0 Å². The van der Waals surface area contributed by atoms with Gasteiger partial charge < -0.3 is 9.64 Å². The topological polar surface area (TPSA) is 51.0 Å². The summed E-state index contributed by atoms with van der Waals surface area (Å²) in [6, 6.07) is 6.90. The van der Waals surface area contributed by atoms with Gasteiger partial charge in [-0.2, -0.15) is 0 Å². The van der Waals surface area contributed by atoms with Gasteiger partial charge in [-0.15, -0.1) is 11.6 Å². The van der Waals surface area contributed by atoms with E-state index in [2.05, 4.69) is 4.85 Å². The summed E-state index contributed by atoms with van der Waals surface area (Å²) in [5, 5.41) is -0.232. The van der Waals surface area contributed by atoms with Crippen LogP contribution in [0.15, 0.2) is 35.5 Å². The van der Waals surface area contributed by atoms with Crippen LogP contribution < -0.4 is 4.90 Å². The van der Waals surface area contributed by atoms with Crippen LogP contribution in [0.1, 0.15) is 12.5 Å². The van der Waals surface area contributed by atoms with E-state index in [0.29, 0.717) is 11.3 Å². The van der Waals surface area contributed by atoms with Crippen molar-refractivity contribution in [2.75, 3.05) is 11.9 Å². The lowest BCUT2D eigenvalue weighted by molar-refractivity contribution is -0.160. The second-order valence-electron chi connectivity index (χ2n) is 4.29. The molecule has 0 fully saturated rings. The first-order valence-electron chi connectivity index (χ1n) is 5.75. The highest BCUT2D eigenvalue weighted by Gasteiger charge is 2.51. The van der Waals surface area contributed by atoms with E-state index in [1.165, 1.54) is 17.9 Å². The molecule has 102 valence electrons. The Kier molecular flexibility index (Phi) is 3.51. The molecule has 0 saturated carbocycles. The predicted molar refractivity (Wildman–Crippen MR) is 73.8 cm³/mol. The maximum atomic E-state index is 12.5. The molecule has 1 aromatic rings. The number of rotatable bonds is 2. The third-order valence-electron chi connectivity index (χ3n) is 3.02. The largest absolute Gasteiger partial charge is 0.441 e. The number of fused-ring (bicyclic) bond motifs is 1.